The smallest absolute Gasteiger partial charge is 0.251 e. The van der Waals surface area contributed by atoms with Gasteiger partial charge in [-0.25, -0.2) is 0 Å². The Labute approximate surface area is 106 Å². The van der Waals surface area contributed by atoms with Crippen LogP contribution in [0.1, 0.15) is 26.0 Å². The van der Waals surface area contributed by atoms with Crippen molar-refractivity contribution in [2.45, 2.75) is 32.3 Å². The molecule has 0 spiro atoms. The van der Waals surface area contributed by atoms with Gasteiger partial charge in [0.25, 0.3) is 5.91 Å². The first-order valence-corrected chi connectivity index (χ1v) is 6.30. The van der Waals surface area contributed by atoms with Crippen LogP contribution in [-0.4, -0.2) is 41.4 Å². The summed E-state index contributed by atoms with van der Waals surface area (Å²) in [6.45, 7) is 5.74. The Balaban J connectivity index is 1.75. The van der Waals surface area contributed by atoms with E-state index in [-0.39, 0.29) is 18.1 Å². The van der Waals surface area contributed by atoms with E-state index >= 15 is 0 Å². The molecule has 3 N–H and O–H groups in total. The van der Waals surface area contributed by atoms with E-state index in [1.54, 1.807) is 0 Å². The van der Waals surface area contributed by atoms with Gasteiger partial charge in [0, 0.05) is 24.8 Å². The number of nitrogens with zero attached hydrogens (tertiary/aromatic N) is 1. The normalized spacial score (nSPS) is 17.2. The zero-order valence-electron chi connectivity index (χ0n) is 10.9. The lowest BCUT2D eigenvalue weighted by Gasteiger charge is -2.38. The lowest BCUT2D eigenvalue weighted by atomic mass is 10.0. The molecule has 1 aromatic heterocycles. The number of ether oxygens (including phenoxy) is 1. The van der Waals surface area contributed by atoms with Crippen molar-refractivity contribution in [3.05, 3.63) is 11.8 Å². The van der Waals surface area contributed by atoms with E-state index in [1.165, 1.54) is 0 Å². The predicted octanol–water partition coefficient (Wildman–Crippen LogP) is 0.679. The van der Waals surface area contributed by atoms with E-state index in [2.05, 4.69) is 27.8 Å². The summed E-state index contributed by atoms with van der Waals surface area (Å²) in [7, 11) is 0. The summed E-state index contributed by atoms with van der Waals surface area (Å²) in [5, 5.41) is 12.8. The van der Waals surface area contributed by atoms with Crippen molar-refractivity contribution in [2.24, 2.45) is 0 Å². The molecule has 6 heteroatoms. The molecule has 1 aliphatic rings. The summed E-state index contributed by atoms with van der Waals surface area (Å²) in [6, 6.07) is 1.86. The zero-order chi connectivity index (χ0) is 13.0. The fourth-order valence-electron chi connectivity index (χ4n) is 1.82. The first kappa shape index (κ1) is 13.0. The van der Waals surface area contributed by atoms with Crippen molar-refractivity contribution in [1.82, 2.24) is 15.5 Å². The molecule has 0 unspecified atom stereocenters. The number of carbonyl (C=O) groups excluding carboxylic acids is 1. The van der Waals surface area contributed by atoms with E-state index in [1.807, 2.05) is 13.0 Å². The third-order valence-corrected chi connectivity index (χ3v) is 2.97. The van der Waals surface area contributed by atoms with Crippen LogP contribution in [0.15, 0.2) is 6.07 Å². The number of aromatic amines is 1. The molecule has 1 fully saturated rings. The maximum absolute atomic E-state index is 11.7. The van der Waals surface area contributed by atoms with E-state index in [0.717, 1.165) is 31.6 Å². The van der Waals surface area contributed by atoms with E-state index in [0.29, 0.717) is 5.82 Å². The number of anilines is 1. The van der Waals surface area contributed by atoms with Crippen molar-refractivity contribution in [1.29, 1.82) is 0 Å². The van der Waals surface area contributed by atoms with Crippen molar-refractivity contribution in [3.8, 4) is 0 Å². The zero-order valence-corrected chi connectivity index (χ0v) is 10.9. The van der Waals surface area contributed by atoms with E-state index < -0.39 is 0 Å². The highest BCUT2D eigenvalue weighted by atomic mass is 16.5. The number of H-pyrrole nitrogens is 1. The van der Waals surface area contributed by atoms with Gasteiger partial charge in [0.1, 0.15) is 6.61 Å². The molecule has 1 amide bonds. The number of amides is 1. The molecular weight excluding hydrogens is 232 g/mol. The Morgan fingerprint density at radius 2 is 2.39 bits per heavy atom. The molecule has 1 aromatic rings. The van der Waals surface area contributed by atoms with Gasteiger partial charge >= 0.3 is 0 Å². The number of aryl methyl sites for hydroxylation is 1. The highest BCUT2D eigenvalue weighted by Gasteiger charge is 2.33. The molecule has 0 radical (unpaired) electrons. The van der Waals surface area contributed by atoms with Crippen LogP contribution in [-0.2, 0) is 16.0 Å². The number of carbonyl (C=O) groups is 1. The first-order chi connectivity index (χ1) is 8.61. The maximum atomic E-state index is 11.7. The Bertz CT molecular complexity index is 412. The lowest BCUT2D eigenvalue weighted by Crippen LogP contribution is -2.59. The molecular formula is C12H20N4O2. The molecule has 0 saturated carbocycles. The Hall–Kier alpha value is -1.40. The maximum Gasteiger partial charge on any atom is 0.251 e. The average Bonchev–Trinajstić information content (AvgIpc) is 2.72. The van der Waals surface area contributed by atoms with Crippen LogP contribution in [0.2, 0.25) is 0 Å². The second-order valence-electron chi connectivity index (χ2n) is 4.92. The monoisotopic (exact) mass is 252 g/mol. The van der Waals surface area contributed by atoms with Crippen molar-refractivity contribution >= 4 is 11.7 Å². The van der Waals surface area contributed by atoms with Crippen LogP contribution in [0.25, 0.3) is 0 Å². The van der Waals surface area contributed by atoms with Gasteiger partial charge in [-0.2, -0.15) is 5.10 Å². The quantitative estimate of drug-likeness (QED) is 0.695. The summed E-state index contributed by atoms with van der Waals surface area (Å²) >= 11 is 0. The van der Waals surface area contributed by atoms with Crippen molar-refractivity contribution < 1.29 is 9.53 Å². The SMILES string of the molecule is CCCc1cc(NC(=O)COC2(C)CNC2)n[nH]1. The molecule has 0 aromatic carbocycles. The van der Waals surface area contributed by atoms with Crippen molar-refractivity contribution in [2.75, 3.05) is 25.0 Å². The number of rotatable bonds is 6. The Morgan fingerprint density at radius 3 is 3.00 bits per heavy atom. The number of hydrogen-bond acceptors (Lipinski definition) is 4. The van der Waals surface area contributed by atoms with Gasteiger partial charge in [-0.15, -0.1) is 0 Å². The minimum atomic E-state index is -0.198. The molecule has 0 atom stereocenters. The molecule has 18 heavy (non-hydrogen) atoms. The molecule has 0 bridgehead atoms. The molecule has 6 nitrogen and oxygen atoms in total. The fourth-order valence-corrected chi connectivity index (χ4v) is 1.82. The number of nitrogens with one attached hydrogen (secondary N) is 3. The van der Waals surface area contributed by atoms with Gasteiger partial charge in [-0.05, 0) is 13.3 Å². The molecule has 1 aliphatic heterocycles. The lowest BCUT2D eigenvalue weighted by molar-refractivity contribution is -0.130. The second kappa shape index (κ2) is 5.49. The average molecular weight is 252 g/mol. The van der Waals surface area contributed by atoms with Crippen LogP contribution in [0.3, 0.4) is 0 Å². The molecule has 1 saturated heterocycles. The number of aromatic nitrogens is 2. The minimum Gasteiger partial charge on any atom is -0.363 e. The molecule has 2 heterocycles. The fraction of sp³-hybridized carbons (Fsp3) is 0.667. The van der Waals surface area contributed by atoms with Crippen LogP contribution in [0.4, 0.5) is 5.82 Å². The topological polar surface area (TPSA) is 79.0 Å². The van der Waals surface area contributed by atoms with Crippen LogP contribution in [0.5, 0.6) is 0 Å². The second-order valence-corrected chi connectivity index (χ2v) is 4.92. The highest BCUT2D eigenvalue weighted by molar-refractivity contribution is 5.90. The summed E-state index contributed by atoms with van der Waals surface area (Å²) in [5.41, 5.74) is 0.833. The standard InChI is InChI=1S/C12H20N4O2/c1-3-4-9-5-10(16-15-9)14-11(17)6-18-12(2)7-13-8-12/h5,13H,3-4,6-8H2,1-2H3,(H2,14,15,16,17). The summed E-state index contributed by atoms with van der Waals surface area (Å²) in [6.07, 6.45) is 1.98. The van der Waals surface area contributed by atoms with E-state index in [4.69, 9.17) is 4.74 Å². The van der Waals surface area contributed by atoms with Crippen LogP contribution < -0.4 is 10.6 Å². The summed E-state index contributed by atoms with van der Waals surface area (Å²) in [4.78, 5) is 11.7. The van der Waals surface area contributed by atoms with Gasteiger partial charge in [-0.1, -0.05) is 13.3 Å². The molecule has 0 aliphatic carbocycles. The summed E-state index contributed by atoms with van der Waals surface area (Å²) in [5.74, 6) is 0.390. The molecule has 100 valence electrons. The predicted molar refractivity (Wildman–Crippen MR) is 68.4 cm³/mol. The van der Waals surface area contributed by atoms with Gasteiger partial charge < -0.3 is 15.4 Å². The van der Waals surface area contributed by atoms with Gasteiger partial charge in [0.15, 0.2) is 5.82 Å². The van der Waals surface area contributed by atoms with Crippen molar-refractivity contribution in [3.63, 3.8) is 0 Å². The molecule has 2 rings (SSSR count). The van der Waals surface area contributed by atoms with Gasteiger partial charge in [0.05, 0.1) is 5.60 Å². The minimum absolute atomic E-state index is 0.0636. The van der Waals surface area contributed by atoms with Gasteiger partial charge in [-0.3, -0.25) is 9.89 Å². The van der Waals surface area contributed by atoms with Gasteiger partial charge in [0.2, 0.25) is 0 Å². The van der Waals surface area contributed by atoms with Crippen LogP contribution in [0, 0.1) is 0 Å². The Kier molecular flexibility index (Phi) is 3.98. The first-order valence-electron chi connectivity index (χ1n) is 6.30. The summed E-state index contributed by atoms with van der Waals surface area (Å²) < 4.78 is 5.54. The third kappa shape index (κ3) is 3.30. The highest BCUT2D eigenvalue weighted by Crippen LogP contribution is 2.15. The van der Waals surface area contributed by atoms with Crippen LogP contribution >= 0.6 is 0 Å². The largest absolute Gasteiger partial charge is 0.363 e. The van der Waals surface area contributed by atoms with E-state index in [9.17, 15) is 4.79 Å². The third-order valence-electron chi connectivity index (χ3n) is 2.97. The Morgan fingerprint density at radius 1 is 1.61 bits per heavy atom. The number of hydrogen-bond donors (Lipinski definition) is 3.